The molecule has 0 radical (unpaired) electrons. The molecule has 1 aromatic carbocycles. The molecule has 3 rings (SSSR count). The van der Waals surface area contributed by atoms with Crippen LogP contribution in [-0.4, -0.2) is 35.3 Å². The van der Waals surface area contributed by atoms with Crippen molar-refractivity contribution >= 4 is 41.0 Å². The summed E-state index contributed by atoms with van der Waals surface area (Å²) in [5, 5.41) is 6.33. The number of imide groups is 1. The average Bonchev–Trinajstić information content (AvgIpc) is 2.78. The minimum atomic E-state index is -1.33. The number of nitrogens with one attached hydrogen (secondary N) is 2. The van der Waals surface area contributed by atoms with Gasteiger partial charge in [0, 0.05) is 21.7 Å². The highest BCUT2D eigenvalue weighted by atomic mass is 35.5. The topological polar surface area (TPSA) is 78.5 Å². The number of benzene rings is 1. The van der Waals surface area contributed by atoms with Crippen LogP contribution in [0.25, 0.3) is 0 Å². The smallest absolute Gasteiger partial charge is 0.325 e. The van der Waals surface area contributed by atoms with E-state index in [4.69, 9.17) is 23.2 Å². The second-order valence-electron chi connectivity index (χ2n) is 7.33. The van der Waals surface area contributed by atoms with Gasteiger partial charge in [0.25, 0.3) is 5.91 Å². The second kappa shape index (κ2) is 8.07. The zero-order valence-corrected chi connectivity index (χ0v) is 16.7. The van der Waals surface area contributed by atoms with Crippen LogP contribution in [0.1, 0.15) is 51.0 Å². The first-order chi connectivity index (χ1) is 12.8. The molecule has 0 bridgehead atoms. The Kier molecular flexibility index (Phi) is 5.96. The molecule has 0 spiro atoms. The molecule has 27 heavy (non-hydrogen) atoms. The van der Waals surface area contributed by atoms with Gasteiger partial charge >= 0.3 is 6.03 Å². The van der Waals surface area contributed by atoms with Crippen LogP contribution < -0.4 is 10.6 Å². The summed E-state index contributed by atoms with van der Waals surface area (Å²) in [4.78, 5) is 38.7. The van der Waals surface area contributed by atoms with E-state index in [1.54, 1.807) is 19.1 Å². The zero-order chi connectivity index (χ0) is 19.6. The van der Waals surface area contributed by atoms with Crippen LogP contribution in [0.2, 0.25) is 10.0 Å². The van der Waals surface area contributed by atoms with E-state index in [-0.39, 0.29) is 23.5 Å². The van der Waals surface area contributed by atoms with E-state index >= 15 is 0 Å². The number of carbonyl (C=O) groups excluding carboxylic acids is 3. The molecule has 6 nitrogen and oxygen atoms in total. The molecule has 2 fully saturated rings. The van der Waals surface area contributed by atoms with Crippen molar-refractivity contribution in [2.24, 2.45) is 0 Å². The molecular weight excluding hydrogens is 389 g/mol. The maximum absolute atomic E-state index is 12.9. The molecule has 1 heterocycles. The van der Waals surface area contributed by atoms with Crippen molar-refractivity contribution in [3.8, 4) is 0 Å². The Balaban J connectivity index is 1.71. The lowest BCUT2D eigenvalue weighted by Crippen LogP contribution is -2.45. The normalized spacial score (nSPS) is 23.9. The van der Waals surface area contributed by atoms with Gasteiger partial charge in [-0.3, -0.25) is 14.5 Å². The van der Waals surface area contributed by atoms with Gasteiger partial charge in [-0.1, -0.05) is 55.0 Å². The van der Waals surface area contributed by atoms with Crippen LogP contribution in [0.3, 0.4) is 0 Å². The third-order valence-corrected chi connectivity index (χ3v) is 5.81. The predicted octanol–water partition coefficient (Wildman–Crippen LogP) is 3.60. The summed E-state index contributed by atoms with van der Waals surface area (Å²) >= 11 is 12.1. The lowest BCUT2D eigenvalue weighted by atomic mass is 9.92. The number of urea groups is 1. The van der Waals surface area contributed by atoms with Crippen molar-refractivity contribution in [1.82, 2.24) is 15.5 Å². The molecule has 1 atom stereocenters. The van der Waals surface area contributed by atoms with Crippen molar-refractivity contribution in [2.45, 2.75) is 57.0 Å². The fraction of sp³-hybridized carbons (Fsp3) is 0.526. The van der Waals surface area contributed by atoms with Gasteiger partial charge in [-0.15, -0.1) is 0 Å². The van der Waals surface area contributed by atoms with E-state index in [1.165, 1.54) is 18.9 Å². The van der Waals surface area contributed by atoms with Gasteiger partial charge in [0.15, 0.2) is 0 Å². The van der Waals surface area contributed by atoms with Gasteiger partial charge in [0.1, 0.15) is 12.1 Å². The fourth-order valence-electron chi connectivity index (χ4n) is 3.76. The Hall–Kier alpha value is -1.79. The van der Waals surface area contributed by atoms with Crippen molar-refractivity contribution in [1.29, 1.82) is 0 Å². The second-order valence-corrected chi connectivity index (χ2v) is 8.17. The molecule has 8 heteroatoms. The standard InChI is InChI=1S/C19H23Cl2N3O3/c1-19(14-9-8-12(20)10-15(14)21)17(26)24(18(27)23-19)11-16(25)22-13-6-4-2-3-5-7-13/h8-10,13H,2-7,11H2,1H3,(H,22,25)(H,23,27)/t19-/m0/s1. The monoisotopic (exact) mass is 411 g/mol. The van der Waals surface area contributed by atoms with E-state index in [0.29, 0.717) is 10.6 Å². The van der Waals surface area contributed by atoms with Gasteiger partial charge in [-0.2, -0.15) is 0 Å². The molecule has 0 unspecified atom stereocenters. The highest BCUT2D eigenvalue weighted by Gasteiger charge is 2.50. The van der Waals surface area contributed by atoms with E-state index in [2.05, 4.69) is 10.6 Å². The van der Waals surface area contributed by atoms with Crippen molar-refractivity contribution in [2.75, 3.05) is 6.54 Å². The van der Waals surface area contributed by atoms with Crippen LogP contribution >= 0.6 is 23.2 Å². The minimum Gasteiger partial charge on any atom is -0.352 e. The largest absolute Gasteiger partial charge is 0.352 e. The van der Waals surface area contributed by atoms with Crippen LogP contribution in [0.15, 0.2) is 18.2 Å². The summed E-state index contributed by atoms with van der Waals surface area (Å²) < 4.78 is 0. The zero-order valence-electron chi connectivity index (χ0n) is 15.2. The Morgan fingerprint density at radius 3 is 2.52 bits per heavy atom. The minimum absolute atomic E-state index is 0.109. The van der Waals surface area contributed by atoms with E-state index in [9.17, 15) is 14.4 Å². The van der Waals surface area contributed by atoms with Gasteiger partial charge in [-0.25, -0.2) is 4.79 Å². The van der Waals surface area contributed by atoms with Gasteiger partial charge < -0.3 is 10.6 Å². The summed E-state index contributed by atoms with van der Waals surface area (Å²) in [6.45, 7) is 1.27. The summed E-state index contributed by atoms with van der Waals surface area (Å²) in [6, 6.07) is 4.24. The number of nitrogens with zero attached hydrogens (tertiary/aromatic N) is 1. The first kappa shape index (κ1) is 20.0. The molecule has 2 N–H and O–H groups in total. The Morgan fingerprint density at radius 2 is 1.89 bits per heavy atom. The number of rotatable bonds is 4. The molecule has 0 aromatic heterocycles. The fourth-order valence-corrected chi connectivity index (χ4v) is 4.36. The Bertz CT molecular complexity index is 763. The predicted molar refractivity (Wildman–Crippen MR) is 104 cm³/mol. The SMILES string of the molecule is C[C@@]1(c2ccc(Cl)cc2Cl)NC(=O)N(CC(=O)NC2CCCCCC2)C1=O. The van der Waals surface area contributed by atoms with Crippen molar-refractivity contribution in [3.05, 3.63) is 33.8 Å². The first-order valence-corrected chi connectivity index (χ1v) is 9.96. The number of carbonyl (C=O) groups is 3. The molecular formula is C19H23Cl2N3O3. The van der Waals surface area contributed by atoms with Gasteiger partial charge in [-0.05, 0) is 31.9 Å². The van der Waals surface area contributed by atoms with Crippen LogP contribution in [-0.2, 0) is 15.1 Å². The van der Waals surface area contributed by atoms with E-state index in [1.807, 2.05) is 0 Å². The van der Waals surface area contributed by atoms with Crippen LogP contribution in [0, 0.1) is 0 Å². The molecule has 1 saturated heterocycles. The molecule has 1 saturated carbocycles. The highest BCUT2D eigenvalue weighted by Crippen LogP contribution is 2.34. The van der Waals surface area contributed by atoms with E-state index < -0.39 is 17.5 Å². The molecule has 1 aliphatic carbocycles. The molecule has 4 amide bonds. The Morgan fingerprint density at radius 1 is 1.22 bits per heavy atom. The molecule has 1 aromatic rings. The van der Waals surface area contributed by atoms with Crippen LogP contribution in [0.4, 0.5) is 4.79 Å². The molecule has 1 aliphatic heterocycles. The van der Waals surface area contributed by atoms with Crippen molar-refractivity contribution in [3.63, 3.8) is 0 Å². The lowest BCUT2D eigenvalue weighted by Gasteiger charge is -2.23. The summed E-state index contributed by atoms with van der Waals surface area (Å²) in [5.41, 5.74) is -0.889. The summed E-state index contributed by atoms with van der Waals surface area (Å²) in [7, 11) is 0. The Labute approximate surface area is 168 Å². The number of hydrogen-bond acceptors (Lipinski definition) is 3. The number of halogens is 2. The lowest BCUT2D eigenvalue weighted by molar-refractivity contribution is -0.135. The summed E-state index contributed by atoms with van der Waals surface area (Å²) in [5.74, 6) is -0.829. The first-order valence-electron chi connectivity index (χ1n) is 9.20. The maximum Gasteiger partial charge on any atom is 0.325 e. The van der Waals surface area contributed by atoms with E-state index in [0.717, 1.165) is 30.6 Å². The third-order valence-electron chi connectivity index (χ3n) is 5.27. The number of hydrogen-bond donors (Lipinski definition) is 2. The highest BCUT2D eigenvalue weighted by molar-refractivity contribution is 6.35. The van der Waals surface area contributed by atoms with Gasteiger partial charge in [0.05, 0.1) is 0 Å². The van der Waals surface area contributed by atoms with Crippen LogP contribution in [0.5, 0.6) is 0 Å². The third kappa shape index (κ3) is 4.22. The number of amides is 4. The average molecular weight is 412 g/mol. The molecule has 2 aliphatic rings. The summed E-state index contributed by atoms with van der Waals surface area (Å²) in [6.07, 6.45) is 6.40. The van der Waals surface area contributed by atoms with Crippen molar-refractivity contribution < 1.29 is 14.4 Å². The quantitative estimate of drug-likeness (QED) is 0.586. The molecule has 146 valence electrons. The van der Waals surface area contributed by atoms with Gasteiger partial charge in [0.2, 0.25) is 5.91 Å². The maximum atomic E-state index is 12.9.